The lowest BCUT2D eigenvalue weighted by Crippen LogP contribution is -2.14. The molecule has 7 heteroatoms. The maximum absolute atomic E-state index is 12.3. The Kier molecular flexibility index (Phi) is 4.70. The summed E-state index contributed by atoms with van der Waals surface area (Å²) >= 11 is 9.22. The number of sulfonamides is 1. The van der Waals surface area contributed by atoms with Crippen molar-refractivity contribution in [2.45, 2.75) is 11.4 Å². The van der Waals surface area contributed by atoms with Crippen molar-refractivity contribution in [3.8, 4) is 0 Å². The van der Waals surface area contributed by atoms with Crippen molar-refractivity contribution in [3.63, 3.8) is 0 Å². The van der Waals surface area contributed by atoms with Crippen LogP contribution in [0, 0.1) is 0 Å². The van der Waals surface area contributed by atoms with Crippen LogP contribution in [0.25, 0.3) is 0 Å². The molecule has 0 bridgehead atoms. The van der Waals surface area contributed by atoms with Gasteiger partial charge in [-0.1, -0.05) is 23.7 Å². The molecule has 0 saturated carbocycles. The molecule has 0 saturated heterocycles. The first kappa shape index (κ1) is 15.3. The van der Waals surface area contributed by atoms with Gasteiger partial charge in [0.2, 0.25) is 0 Å². The standard InChI is InChI=1S/C13H12BrClN2O2S/c14-11-3-1-2-4-13(11)17-20(18,19)10-5-6-12(15)9(7-10)8-16/h1-7,17H,8,16H2. The summed E-state index contributed by atoms with van der Waals surface area (Å²) in [7, 11) is -3.68. The smallest absolute Gasteiger partial charge is 0.261 e. The molecule has 4 nitrogen and oxygen atoms in total. The number of nitrogens with two attached hydrogens (primary N) is 1. The third-order valence-corrected chi connectivity index (χ3v) is 5.09. The average molecular weight is 376 g/mol. The molecule has 0 heterocycles. The Morgan fingerprint density at radius 2 is 1.90 bits per heavy atom. The van der Waals surface area contributed by atoms with Crippen molar-refractivity contribution in [3.05, 3.63) is 57.5 Å². The van der Waals surface area contributed by atoms with Gasteiger partial charge in [0, 0.05) is 16.0 Å². The number of rotatable bonds is 4. The lowest BCUT2D eigenvalue weighted by Gasteiger charge is -2.11. The predicted molar refractivity (Wildman–Crippen MR) is 84.3 cm³/mol. The molecule has 0 atom stereocenters. The highest BCUT2D eigenvalue weighted by Crippen LogP contribution is 2.26. The van der Waals surface area contributed by atoms with Gasteiger partial charge in [-0.15, -0.1) is 0 Å². The van der Waals surface area contributed by atoms with Crippen LogP contribution in [0.5, 0.6) is 0 Å². The van der Waals surface area contributed by atoms with Crippen LogP contribution in [0.1, 0.15) is 5.56 Å². The lowest BCUT2D eigenvalue weighted by atomic mass is 10.2. The van der Waals surface area contributed by atoms with Crippen molar-refractivity contribution in [2.24, 2.45) is 5.73 Å². The van der Waals surface area contributed by atoms with Gasteiger partial charge in [-0.2, -0.15) is 0 Å². The molecule has 0 unspecified atom stereocenters. The molecule has 20 heavy (non-hydrogen) atoms. The van der Waals surface area contributed by atoms with Gasteiger partial charge >= 0.3 is 0 Å². The van der Waals surface area contributed by atoms with Crippen molar-refractivity contribution in [1.82, 2.24) is 0 Å². The summed E-state index contributed by atoms with van der Waals surface area (Å²) in [6.07, 6.45) is 0. The Balaban J connectivity index is 2.38. The Morgan fingerprint density at radius 3 is 2.55 bits per heavy atom. The van der Waals surface area contributed by atoms with E-state index in [2.05, 4.69) is 20.7 Å². The topological polar surface area (TPSA) is 72.2 Å². The fourth-order valence-electron chi connectivity index (χ4n) is 1.62. The summed E-state index contributed by atoms with van der Waals surface area (Å²) < 4.78 is 27.8. The molecule has 0 aliphatic rings. The second-order valence-corrected chi connectivity index (χ2v) is 6.99. The molecule has 2 aromatic rings. The van der Waals surface area contributed by atoms with Crippen LogP contribution >= 0.6 is 27.5 Å². The highest BCUT2D eigenvalue weighted by atomic mass is 79.9. The average Bonchev–Trinajstić information content (AvgIpc) is 2.41. The van der Waals surface area contributed by atoms with E-state index in [1.54, 1.807) is 24.3 Å². The van der Waals surface area contributed by atoms with E-state index in [0.717, 1.165) is 0 Å². The van der Waals surface area contributed by atoms with Crippen molar-refractivity contribution in [1.29, 1.82) is 0 Å². The molecule has 0 spiro atoms. The van der Waals surface area contributed by atoms with E-state index >= 15 is 0 Å². The van der Waals surface area contributed by atoms with Gasteiger partial charge in [0.15, 0.2) is 0 Å². The minimum atomic E-state index is -3.68. The lowest BCUT2D eigenvalue weighted by molar-refractivity contribution is 0.601. The van der Waals surface area contributed by atoms with Crippen molar-refractivity contribution < 1.29 is 8.42 Å². The number of nitrogens with one attached hydrogen (secondary N) is 1. The minimum Gasteiger partial charge on any atom is -0.326 e. The first-order chi connectivity index (χ1) is 9.44. The quantitative estimate of drug-likeness (QED) is 0.860. The first-order valence-corrected chi connectivity index (χ1v) is 8.35. The molecule has 106 valence electrons. The van der Waals surface area contributed by atoms with Gasteiger partial charge < -0.3 is 5.73 Å². The highest BCUT2D eigenvalue weighted by molar-refractivity contribution is 9.10. The summed E-state index contributed by atoms with van der Waals surface area (Å²) in [5, 5.41) is 0.451. The van der Waals surface area contributed by atoms with Crippen LogP contribution in [0.2, 0.25) is 5.02 Å². The molecule has 0 aliphatic heterocycles. The summed E-state index contributed by atoms with van der Waals surface area (Å²) in [6, 6.07) is 11.4. The SMILES string of the molecule is NCc1cc(S(=O)(=O)Nc2ccccc2Br)ccc1Cl. The molecule has 0 fully saturated rings. The highest BCUT2D eigenvalue weighted by Gasteiger charge is 2.16. The molecule has 2 rings (SSSR count). The molecular formula is C13H12BrClN2O2S. The number of halogens is 2. The molecule has 0 radical (unpaired) electrons. The third kappa shape index (κ3) is 3.32. The maximum atomic E-state index is 12.3. The Bertz CT molecular complexity index is 735. The molecule has 0 aliphatic carbocycles. The molecule has 3 N–H and O–H groups in total. The predicted octanol–water partition coefficient (Wildman–Crippen LogP) is 3.36. The number of hydrogen-bond acceptors (Lipinski definition) is 3. The van der Waals surface area contributed by atoms with Crippen LogP contribution in [0.3, 0.4) is 0 Å². The van der Waals surface area contributed by atoms with Crippen LogP contribution in [0.15, 0.2) is 51.8 Å². The van der Waals surface area contributed by atoms with E-state index in [9.17, 15) is 8.42 Å². The van der Waals surface area contributed by atoms with Gasteiger partial charge in [-0.05, 0) is 51.8 Å². The van der Waals surface area contributed by atoms with Crippen LogP contribution in [0.4, 0.5) is 5.69 Å². The molecule has 0 aromatic heterocycles. The van der Waals surface area contributed by atoms with Crippen molar-refractivity contribution >= 4 is 43.2 Å². The summed E-state index contributed by atoms with van der Waals surface area (Å²) in [5.41, 5.74) is 6.59. The van der Waals surface area contributed by atoms with Crippen LogP contribution in [-0.2, 0) is 16.6 Å². The first-order valence-electron chi connectivity index (χ1n) is 5.70. The van der Waals surface area contributed by atoms with Gasteiger partial charge in [-0.25, -0.2) is 8.42 Å². The fourth-order valence-corrected chi connectivity index (χ4v) is 3.46. The maximum Gasteiger partial charge on any atom is 0.261 e. The van der Waals surface area contributed by atoms with Crippen molar-refractivity contribution in [2.75, 3.05) is 4.72 Å². The van der Waals surface area contributed by atoms with Gasteiger partial charge in [0.25, 0.3) is 10.0 Å². The second-order valence-electron chi connectivity index (χ2n) is 4.04. The summed E-state index contributed by atoms with van der Waals surface area (Å²) in [6.45, 7) is 0.178. The third-order valence-electron chi connectivity index (χ3n) is 2.67. The second kappa shape index (κ2) is 6.13. The Hall–Kier alpha value is -1.08. The van der Waals surface area contributed by atoms with Gasteiger partial charge in [0.05, 0.1) is 10.6 Å². The van der Waals surface area contributed by atoms with Crippen LogP contribution in [-0.4, -0.2) is 8.42 Å². The fraction of sp³-hybridized carbons (Fsp3) is 0.0769. The molecular weight excluding hydrogens is 364 g/mol. The van der Waals surface area contributed by atoms with E-state index in [0.29, 0.717) is 20.7 Å². The molecule has 2 aromatic carbocycles. The normalized spacial score (nSPS) is 11.3. The van der Waals surface area contributed by atoms with Crippen LogP contribution < -0.4 is 10.5 Å². The Labute approximate surface area is 131 Å². The molecule has 0 amide bonds. The number of hydrogen-bond donors (Lipinski definition) is 2. The zero-order valence-electron chi connectivity index (χ0n) is 10.3. The van der Waals surface area contributed by atoms with E-state index in [1.165, 1.54) is 18.2 Å². The van der Waals surface area contributed by atoms with E-state index < -0.39 is 10.0 Å². The zero-order valence-corrected chi connectivity index (χ0v) is 13.5. The summed E-state index contributed by atoms with van der Waals surface area (Å²) in [4.78, 5) is 0.123. The number of benzene rings is 2. The van der Waals surface area contributed by atoms with Gasteiger partial charge in [0.1, 0.15) is 0 Å². The van der Waals surface area contributed by atoms with E-state index in [-0.39, 0.29) is 11.4 Å². The van der Waals surface area contributed by atoms with Gasteiger partial charge in [-0.3, -0.25) is 4.72 Å². The number of para-hydroxylation sites is 1. The van der Waals surface area contributed by atoms with E-state index in [1.807, 2.05) is 0 Å². The minimum absolute atomic E-state index is 0.123. The largest absolute Gasteiger partial charge is 0.326 e. The number of anilines is 1. The van der Waals surface area contributed by atoms with E-state index in [4.69, 9.17) is 17.3 Å². The monoisotopic (exact) mass is 374 g/mol. The Morgan fingerprint density at radius 1 is 1.20 bits per heavy atom. The summed E-state index contributed by atoms with van der Waals surface area (Å²) in [5.74, 6) is 0. The zero-order chi connectivity index (χ0) is 14.8.